The summed E-state index contributed by atoms with van der Waals surface area (Å²) < 4.78 is 0. The Morgan fingerprint density at radius 2 is 2.25 bits per heavy atom. The number of carbonyl (C=O) groups is 1. The highest BCUT2D eigenvalue weighted by molar-refractivity contribution is 7.99. The first-order chi connectivity index (χ1) is 9.47. The van der Waals surface area contributed by atoms with Gasteiger partial charge in [0.2, 0.25) is 5.16 Å². The van der Waals surface area contributed by atoms with Gasteiger partial charge in [0.1, 0.15) is 0 Å². The number of hydrogen-bond donors (Lipinski definition) is 3. The number of carboxylic acid groups (broad SMARTS) is 1. The number of rotatable bonds is 5. The minimum absolute atomic E-state index is 0.187. The van der Waals surface area contributed by atoms with Crippen molar-refractivity contribution in [3.63, 3.8) is 0 Å². The van der Waals surface area contributed by atoms with Crippen LogP contribution < -0.4 is 0 Å². The summed E-state index contributed by atoms with van der Waals surface area (Å²) in [5, 5.41) is 35.2. The first kappa shape index (κ1) is 13.8. The minimum Gasteiger partial charge on any atom is -0.502 e. The SMILES string of the molecule is O=C(O)CSc1n[nH]c(-c2ccc(O)c([N+](=O)[O-])c2)n1. The highest BCUT2D eigenvalue weighted by Crippen LogP contribution is 2.30. The Kier molecular flexibility index (Phi) is 3.84. The van der Waals surface area contributed by atoms with Crippen LogP contribution in [0, 0.1) is 10.1 Å². The van der Waals surface area contributed by atoms with Crippen LogP contribution in [-0.2, 0) is 4.79 Å². The zero-order valence-corrected chi connectivity index (χ0v) is 10.6. The van der Waals surface area contributed by atoms with Gasteiger partial charge in [-0.25, -0.2) is 4.98 Å². The Hall–Kier alpha value is -2.62. The normalized spacial score (nSPS) is 10.4. The number of aliphatic carboxylic acids is 1. The molecule has 0 aliphatic carbocycles. The first-order valence-electron chi connectivity index (χ1n) is 5.22. The third-order valence-electron chi connectivity index (χ3n) is 2.24. The number of thioether (sulfide) groups is 1. The molecule has 0 unspecified atom stereocenters. The van der Waals surface area contributed by atoms with E-state index in [0.717, 1.165) is 17.8 Å². The predicted molar refractivity (Wildman–Crippen MR) is 68.5 cm³/mol. The number of aromatic hydroxyl groups is 1. The van der Waals surface area contributed by atoms with Gasteiger partial charge < -0.3 is 10.2 Å². The molecule has 1 aromatic heterocycles. The van der Waals surface area contributed by atoms with E-state index in [1.807, 2.05) is 0 Å². The standard InChI is InChI=1S/C10H8N4O5S/c15-7-2-1-5(3-6(7)14(18)19)9-11-10(13-12-9)20-4-8(16)17/h1-3,15H,4H2,(H,16,17)(H,11,12,13). The van der Waals surface area contributed by atoms with E-state index in [1.165, 1.54) is 12.1 Å². The second kappa shape index (κ2) is 5.57. The van der Waals surface area contributed by atoms with Crippen LogP contribution in [0.2, 0.25) is 0 Å². The fourth-order valence-corrected chi connectivity index (χ4v) is 1.90. The Morgan fingerprint density at radius 3 is 2.90 bits per heavy atom. The number of hydrogen-bond acceptors (Lipinski definition) is 7. The van der Waals surface area contributed by atoms with E-state index in [9.17, 15) is 20.0 Å². The van der Waals surface area contributed by atoms with Crippen LogP contribution in [0.15, 0.2) is 23.4 Å². The maximum atomic E-state index is 10.7. The highest BCUT2D eigenvalue weighted by atomic mass is 32.2. The number of benzene rings is 1. The number of phenolic OH excluding ortho intramolecular Hbond substituents is 1. The van der Waals surface area contributed by atoms with Crippen molar-refractivity contribution in [3.8, 4) is 17.1 Å². The summed E-state index contributed by atoms with van der Waals surface area (Å²) in [7, 11) is 0. The molecule has 0 atom stereocenters. The third kappa shape index (κ3) is 3.03. The van der Waals surface area contributed by atoms with Crippen molar-refractivity contribution in [2.24, 2.45) is 0 Å². The maximum Gasteiger partial charge on any atom is 0.313 e. The van der Waals surface area contributed by atoms with Gasteiger partial charge in [0.05, 0.1) is 10.7 Å². The summed E-state index contributed by atoms with van der Waals surface area (Å²) in [4.78, 5) is 24.4. The molecule has 104 valence electrons. The zero-order chi connectivity index (χ0) is 14.7. The lowest BCUT2D eigenvalue weighted by atomic mass is 10.2. The van der Waals surface area contributed by atoms with Crippen molar-refractivity contribution in [1.82, 2.24) is 15.2 Å². The summed E-state index contributed by atoms with van der Waals surface area (Å²) in [6, 6.07) is 3.77. The molecule has 1 aromatic carbocycles. The van der Waals surface area contributed by atoms with Crippen LogP contribution in [0.4, 0.5) is 5.69 Å². The largest absolute Gasteiger partial charge is 0.502 e. The Morgan fingerprint density at radius 1 is 1.50 bits per heavy atom. The molecule has 0 aliphatic heterocycles. The smallest absolute Gasteiger partial charge is 0.313 e. The number of H-pyrrole nitrogens is 1. The summed E-state index contributed by atoms with van der Waals surface area (Å²) in [6.07, 6.45) is 0. The molecule has 2 aromatic rings. The molecule has 0 saturated heterocycles. The van der Waals surface area contributed by atoms with Crippen LogP contribution in [0.3, 0.4) is 0 Å². The molecule has 0 bridgehead atoms. The molecular formula is C10H8N4O5S. The lowest BCUT2D eigenvalue weighted by Crippen LogP contribution is -1.97. The van der Waals surface area contributed by atoms with Crippen LogP contribution in [0.5, 0.6) is 5.75 Å². The maximum absolute atomic E-state index is 10.7. The van der Waals surface area contributed by atoms with Gasteiger partial charge in [-0.3, -0.25) is 20.0 Å². The summed E-state index contributed by atoms with van der Waals surface area (Å²) in [5.41, 5.74) is -0.0807. The molecule has 20 heavy (non-hydrogen) atoms. The lowest BCUT2D eigenvalue weighted by Gasteiger charge is -1.98. The van der Waals surface area contributed by atoms with E-state index in [0.29, 0.717) is 5.56 Å². The molecule has 3 N–H and O–H groups in total. The zero-order valence-electron chi connectivity index (χ0n) is 9.81. The predicted octanol–water partition coefficient (Wildman–Crippen LogP) is 1.26. The van der Waals surface area contributed by atoms with Crippen molar-refractivity contribution in [3.05, 3.63) is 28.3 Å². The number of nitro benzene ring substituents is 1. The van der Waals surface area contributed by atoms with Gasteiger partial charge in [-0.2, -0.15) is 0 Å². The van der Waals surface area contributed by atoms with Crippen molar-refractivity contribution < 1.29 is 19.9 Å². The first-order valence-corrected chi connectivity index (χ1v) is 6.20. The summed E-state index contributed by atoms with van der Waals surface area (Å²) in [5.74, 6) is -1.38. The second-order valence-corrected chi connectivity index (χ2v) is 4.55. The molecule has 9 nitrogen and oxygen atoms in total. The monoisotopic (exact) mass is 296 g/mol. The molecule has 0 fully saturated rings. The number of nitrogens with one attached hydrogen (secondary N) is 1. The van der Waals surface area contributed by atoms with Crippen LogP contribution in [-0.4, -0.2) is 42.0 Å². The van der Waals surface area contributed by atoms with E-state index < -0.39 is 22.3 Å². The van der Waals surface area contributed by atoms with Gasteiger partial charge >= 0.3 is 11.7 Å². The van der Waals surface area contributed by atoms with E-state index in [1.54, 1.807) is 0 Å². The number of aromatic nitrogens is 3. The fourth-order valence-electron chi connectivity index (χ4n) is 1.38. The summed E-state index contributed by atoms with van der Waals surface area (Å²) >= 11 is 0.921. The average molecular weight is 296 g/mol. The van der Waals surface area contributed by atoms with Gasteiger partial charge in [-0.05, 0) is 12.1 Å². The van der Waals surface area contributed by atoms with Crippen LogP contribution in [0.1, 0.15) is 0 Å². The summed E-state index contributed by atoms with van der Waals surface area (Å²) in [6.45, 7) is 0. The van der Waals surface area contributed by atoms with Gasteiger partial charge in [-0.15, -0.1) is 5.10 Å². The van der Waals surface area contributed by atoms with Gasteiger partial charge in [-0.1, -0.05) is 11.8 Å². The molecular weight excluding hydrogens is 288 g/mol. The second-order valence-electron chi connectivity index (χ2n) is 3.61. The number of carboxylic acids is 1. The molecule has 10 heteroatoms. The molecule has 0 amide bonds. The molecule has 0 spiro atoms. The number of nitrogens with zero attached hydrogens (tertiary/aromatic N) is 3. The van der Waals surface area contributed by atoms with Crippen LogP contribution in [0.25, 0.3) is 11.4 Å². The molecule has 0 radical (unpaired) electrons. The quantitative estimate of drug-likeness (QED) is 0.425. The minimum atomic E-state index is -0.998. The Balaban J connectivity index is 2.26. The van der Waals surface area contributed by atoms with Gasteiger partial charge in [0, 0.05) is 11.6 Å². The Bertz CT molecular complexity index is 671. The van der Waals surface area contributed by atoms with Crippen molar-refractivity contribution in [2.45, 2.75) is 5.16 Å². The molecule has 0 saturated carbocycles. The number of nitro groups is 1. The molecule has 0 aliphatic rings. The van der Waals surface area contributed by atoms with E-state index in [-0.39, 0.29) is 16.7 Å². The molecule has 2 rings (SSSR count). The van der Waals surface area contributed by atoms with Gasteiger partial charge in [0.15, 0.2) is 11.6 Å². The number of phenols is 1. The van der Waals surface area contributed by atoms with E-state index >= 15 is 0 Å². The van der Waals surface area contributed by atoms with Gasteiger partial charge in [0.25, 0.3) is 0 Å². The number of aromatic amines is 1. The van der Waals surface area contributed by atoms with E-state index in [2.05, 4.69) is 15.2 Å². The van der Waals surface area contributed by atoms with Crippen LogP contribution >= 0.6 is 11.8 Å². The highest BCUT2D eigenvalue weighted by Gasteiger charge is 2.16. The lowest BCUT2D eigenvalue weighted by molar-refractivity contribution is -0.385. The van der Waals surface area contributed by atoms with Crippen molar-refractivity contribution in [2.75, 3.05) is 5.75 Å². The fraction of sp³-hybridized carbons (Fsp3) is 0.100. The topological polar surface area (TPSA) is 142 Å². The molecule has 1 heterocycles. The van der Waals surface area contributed by atoms with E-state index in [4.69, 9.17) is 5.11 Å². The van der Waals surface area contributed by atoms with Crippen molar-refractivity contribution >= 4 is 23.4 Å². The Labute approximate surface area is 115 Å². The average Bonchev–Trinajstić information content (AvgIpc) is 2.85. The van der Waals surface area contributed by atoms with Crippen molar-refractivity contribution in [1.29, 1.82) is 0 Å². The third-order valence-corrected chi connectivity index (χ3v) is 3.07.